The summed E-state index contributed by atoms with van der Waals surface area (Å²) < 4.78 is 60.3. The van der Waals surface area contributed by atoms with Gasteiger partial charge in [-0.3, -0.25) is 9.10 Å². The van der Waals surface area contributed by atoms with Crippen LogP contribution in [0.2, 0.25) is 0 Å². The lowest BCUT2D eigenvalue weighted by atomic mass is 10.3. The third kappa shape index (κ3) is 5.39. The van der Waals surface area contributed by atoms with Crippen molar-refractivity contribution >= 4 is 43.2 Å². The van der Waals surface area contributed by atoms with E-state index in [9.17, 15) is 22.0 Å². The minimum Gasteiger partial charge on any atom is -0.497 e. The number of nitrogens with zero attached hydrogens (tertiary/aromatic N) is 1. The van der Waals surface area contributed by atoms with Crippen LogP contribution in [-0.2, 0) is 14.8 Å². The summed E-state index contributed by atoms with van der Waals surface area (Å²) in [7, 11) is -2.76. The molecule has 0 saturated heterocycles. The molecule has 0 aliphatic heterocycles. The Hall–Kier alpha value is -2.98. The van der Waals surface area contributed by atoms with Gasteiger partial charge in [-0.1, -0.05) is 15.9 Å². The number of anilines is 2. The Morgan fingerprint density at radius 1 is 1.03 bits per heavy atom. The van der Waals surface area contributed by atoms with Gasteiger partial charge in [-0.25, -0.2) is 17.2 Å². The van der Waals surface area contributed by atoms with Crippen molar-refractivity contribution in [1.29, 1.82) is 0 Å². The predicted octanol–water partition coefficient (Wildman–Crippen LogP) is 4.57. The molecule has 162 valence electrons. The molecule has 0 aromatic heterocycles. The maximum Gasteiger partial charge on any atom is 0.264 e. The van der Waals surface area contributed by atoms with E-state index in [1.54, 1.807) is 0 Å². The number of amides is 1. The summed E-state index contributed by atoms with van der Waals surface area (Å²) in [6.07, 6.45) is 0. The average Bonchev–Trinajstić information content (AvgIpc) is 2.75. The van der Waals surface area contributed by atoms with Crippen LogP contribution < -0.4 is 14.4 Å². The molecule has 0 atom stereocenters. The minimum atomic E-state index is -4.20. The normalized spacial score (nSPS) is 11.1. The van der Waals surface area contributed by atoms with Crippen LogP contribution in [0.25, 0.3) is 0 Å². The molecule has 31 heavy (non-hydrogen) atoms. The van der Waals surface area contributed by atoms with Crippen LogP contribution in [0.5, 0.6) is 5.75 Å². The molecule has 0 aliphatic rings. The van der Waals surface area contributed by atoms with Crippen LogP contribution in [0.4, 0.5) is 20.2 Å². The van der Waals surface area contributed by atoms with Gasteiger partial charge in [0.25, 0.3) is 10.0 Å². The number of methoxy groups -OCH3 is 1. The molecule has 0 unspecified atom stereocenters. The van der Waals surface area contributed by atoms with Crippen LogP contribution >= 0.6 is 15.9 Å². The van der Waals surface area contributed by atoms with Gasteiger partial charge in [0.05, 0.1) is 23.4 Å². The number of nitrogens with one attached hydrogen (secondary N) is 1. The first-order valence-corrected chi connectivity index (χ1v) is 11.1. The fourth-order valence-corrected chi connectivity index (χ4v) is 4.46. The van der Waals surface area contributed by atoms with Gasteiger partial charge >= 0.3 is 0 Å². The number of hydrogen-bond donors (Lipinski definition) is 1. The van der Waals surface area contributed by atoms with Crippen LogP contribution in [0.3, 0.4) is 0 Å². The molecule has 0 saturated carbocycles. The lowest BCUT2D eigenvalue weighted by Gasteiger charge is -2.24. The van der Waals surface area contributed by atoms with Gasteiger partial charge in [0.1, 0.15) is 23.9 Å². The second-order valence-corrected chi connectivity index (χ2v) is 9.11. The Balaban J connectivity index is 1.94. The second kappa shape index (κ2) is 9.44. The smallest absolute Gasteiger partial charge is 0.264 e. The first-order chi connectivity index (χ1) is 14.7. The van der Waals surface area contributed by atoms with Gasteiger partial charge in [-0.15, -0.1) is 0 Å². The van der Waals surface area contributed by atoms with E-state index in [2.05, 4.69) is 21.2 Å². The highest BCUT2D eigenvalue weighted by molar-refractivity contribution is 9.10. The fraction of sp³-hybridized carbons (Fsp3) is 0.0952. The van der Waals surface area contributed by atoms with E-state index in [4.69, 9.17) is 4.74 Å². The highest BCUT2D eigenvalue weighted by atomic mass is 79.9. The molecule has 3 aromatic carbocycles. The molecular weight excluding hydrogens is 494 g/mol. The van der Waals surface area contributed by atoms with Crippen LogP contribution in [-0.4, -0.2) is 28.0 Å². The van der Waals surface area contributed by atoms with Crippen molar-refractivity contribution in [3.63, 3.8) is 0 Å². The summed E-state index contributed by atoms with van der Waals surface area (Å²) >= 11 is 3.12. The Kier molecular flexibility index (Phi) is 6.91. The number of halogens is 3. The quantitative estimate of drug-likeness (QED) is 0.505. The first kappa shape index (κ1) is 22.7. The summed E-state index contributed by atoms with van der Waals surface area (Å²) in [4.78, 5) is 12.5. The Morgan fingerprint density at radius 3 is 2.26 bits per heavy atom. The molecule has 0 fully saturated rings. The zero-order chi connectivity index (χ0) is 22.6. The number of hydrogen-bond acceptors (Lipinski definition) is 4. The van der Waals surface area contributed by atoms with E-state index < -0.39 is 34.1 Å². The van der Waals surface area contributed by atoms with Gasteiger partial charge in [0, 0.05) is 4.47 Å². The third-order valence-electron chi connectivity index (χ3n) is 4.25. The largest absolute Gasteiger partial charge is 0.497 e. The summed E-state index contributed by atoms with van der Waals surface area (Å²) in [5.74, 6) is -1.57. The van der Waals surface area contributed by atoms with Crippen LogP contribution in [0.1, 0.15) is 0 Å². The average molecular weight is 511 g/mol. The molecular formula is C21H17BrF2N2O4S. The van der Waals surface area contributed by atoms with Crippen molar-refractivity contribution in [3.8, 4) is 5.75 Å². The zero-order valence-electron chi connectivity index (χ0n) is 16.2. The van der Waals surface area contributed by atoms with Gasteiger partial charge in [0.2, 0.25) is 5.91 Å². The SMILES string of the molecule is COc1ccc(S(=O)(=O)N(CC(=O)Nc2ccc(Br)cc2F)c2ccc(F)cc2)cc1. The third-order valence-corrected chi connectivity index (χ3v) is 6.54. The Labute approximate surface area is 186 Å². The Morgan fingerprint density at radius 2 is 1.68 bits per heavy atom. The number of rotatable bonds is 7. The number of carbonyl (C=O) groups is 1. The summed E-state index contributed by atoms with van der Waals surface area (Å²) in [5.41, 5.74) is -0.0299. The molecule has 0 spiro atoms. The highest BCUT2D eigenvalue weighted by Gasteiger charge is 2.27. The van der Waals surface area contributed by atoms with Crippen molar-refractivity contribution in [2.45, 2.75) is 4.90 Å². The molecule has 0 bridgehead atoms. The second-order valence-electron chi connectivity index (χ2n) is 6.34. The summed E-state index contributed by atoms with van der Waals surface area (Å²) in [5, 5.41) is 2.36. The van der Waals surface area contributed by atoms with E-state index in [1.807, 2.05) is 0 Å². The van der Waals surface area contributed by atoms with E-state index in [1.165, 1.54) is 61.7 Å². The number of ether oxygens (including phenoxy) is 1. The van der Waals surface area contributed by atoms with Crippen molar-refractivity contribution in [2.75, 3.05) is 23.3 Å². The van der Waals surface area contributed by atoms with Crippen molar-refractivity contribution in [3.05, 3.63) is 82.8 Å². The molecule has 0 heterocycles. The van der Waals surface area contributed by atoms with E-state index in [0.717, 1.165) is 16.4 Å². The lowest BCUT2D eigenvalue weighted by molar-refractivity contribution is -0.114. The van der Waals surface area contributed by atoms with Crippen LogP contribution in [0, 0.1) is 11.6 Å². The molecule has 1 N–H and O–H groups in total. The van der Waals surface area contributed by atoms with Gasteiger partial charge in [-0.2, -0.15) is 0 Å². The number of benzene rings is 3. The molecule has 0 aliphatic carbocycles. The van der Waals surface area contributed by atoms with Gasteiger partial charge in [-0.05, 0) is 66.7 Å². The van der Waals surface area contributed by atoms with E-state index in [0.29, 0.717) is 10.2 Å². The molecule has 0 radical (unpaired) electrons. The fourth-order valence-electron chi connectivity index (χ4n) is 2.71. The zero-order valence-corrected chi connectivity index (χ0v) is 18.6. The van der Waals surface area contributed by atoms with Crippen LogP contribution in [0.15, 0.2) is 76.1 Å². The summed E-state index contributed by atoms with van der Waals surface area (Å²) in [6.45, 7) is -0.657. The lowest BCUT2D eigenvalue weighted by Crippen LogP contribution is -2.38. The maximum absolute atomic E-state index is 14.1. The van der Waals surface area contributed by atoms with Crippen molar-refractivity contribution in [2.24, 2.45) is 0 Å². The van der Waals surface area contributed by atoms with E-state index >= 15 is 0 Å². The minimum absolute atomic E-state index is 0.0728. The predicted molar refractivity (Wildman–Crippen MR) is 117 cm³/mol. The van der Waals surface area contributed by atoms with E-state index in [-0.39, 0.29) is 16.3 Å². The molecule has 3 rings (SSSR count). The van der Waals surface area contributed by atoms with Crippen molar-refractivity contribution < 1.29 is 26.7 Å². The highest BCUT2D eigenvalue weighted by Crippen LogP contribution is 2.26. The first-order valence-electron chi connectivity index (χ1n) is 8.88. The molecule has 3 aromatic rings. The monoisotopic (exact) mass is 510 g/mol. The molecule has 1 amide bonds. The summed E-state index contributed by atoms with van der Waals surface area (Å²) in [6, 6.07) is 14.3. The molecule has 10 heteroatoms. The van der Waals surface area contributed by atoms with Crippen molar-refractivity contribution in [1.82, 2.24) is 0 Å². The maximum atomic E-state index is 14.1. The number of carbonyl (C=O) groups excluding carboxylic acids is 1. The van der Waals surface area contributed by atoms with Gasteiger partial charge < -0.3 is 10.1 Å². The number of sulfonamides is 1. The molecule has 6 nitrogen and oxygen atoms in total. The van der Waals surface area contributed by atoms with Gasteiger partial charge in [0.15, 0.2) is 0 Å². The topological polar surface area (TPSA) is 75.7 Å². The Bertz CT molecular complexity index is 1190. The standard InChI is InChI=1S/C21H17BrF2N2O4S/c1-30-17-7-9-18(10-8-17)31(28,29)26(16-5-3-15(23)4-6-16)13-21(27)25-20-11-2-14(22)12-19(20)24/h2-12H,13H2,1H3,(H,25,27).